The van der Waals surface area contributed by atoms with Gasteiger partial charge in [0.1, 0.15) is 28.8 Å². The van der Waals surface area contributed by atoms with Crippen molar-refractivity contribution in [2.45, 2.75) is 84.1 Å². The van der Waals surface area contributed by atoms with Gasteiger partial charge >= 0.3 is 0 Å². The van der Waals surface area contributed by atoms with Crippen LogP contribution in [0.2, 0.25) is 0 Å². The summed E-state index contributed by atoms with van der Waals surface area (Å²) >= 11 is 2.69. The predicted octanol–water partition coefficient (Wildman–Crippen LogP) is 2.13. The quantitative estimate of drug-likeness (QED) is 0.228. The Morgan fingerprint density at radius 2 is 1.67 bits per heavy atom. The van der Waals surface area contributed by atoms with Gasteiger partial charge in [0.15, 0.2) is 5.69 Å². The number of amides is 6. The van der Waals surface area contributed by atoms with Crippen molar-refractivity contribution in [1.82, 2.24) is 46.2 Å². The molecule has 17 heteroatoms. The Balaban J connectivity index is 1.77. The van der Waals surface area contributed by atoms with Crippen LogP contribution in [0.3, 0.4) is 0 Å². The summed E-state index contributed by atoms with van der Waals surface area (Å²) in [7, 11) is 1.72. The SMILES string of the molecule is CC[C@@H]1NC(=O)[C@@H](C)NC(=O)c2csc(n2)[C@H](C(C)C)NC(=O)CN(C(=O)c2cc(C)n(C)n2)C[C@H](Cc2ccccc2)NC(=O)[C@H](CCSC)NC1=O. The summed E-state index contributed by atoms with van der Waals surface area (Å²) in [6.45, 7) is 8.41. The average molecular weight is 782 g/mol. The van der Waals surface area contributed by atoms with Crippen molar-refractivity contribution in [2.75, 3.05) is 25.1 Å². The Labute approximate surface area is 324 Å². The van der Waals surface area contributed by atoms with E-state index in [1.54, 1.807) is 30.1 Å². The summed E-state index contributed by atoms with van der Waals surface area (Å²) in [5, 5.41) is 20.6. The van der Waals surface area contributed by atoms with E-state index < -0.39 is 65.7 Å². The van der Waals surface area contributed by atoms with Crippen molar-refractivity contribution in [1.29, 1.82) is 0 Å². The number of fused-ring (bicyclic) bond motifs is 2. The smallest absolute Gasteiger partial charge is 0.274 e. The maximum absolute atomic E-state index is 14.1. The monoisotopic (exact) mass is 781 g/mol. The van der Waals surface area contributed by atoms with E-state index in [4.69, 9.17) is 0 Å². The Morgan fingerprint density at radius 1 is 0.981 bits per heavy atom. The van der Waals surface area contributed by atoms with Crippen molar-refractivity contribution in [2.24, 2.45) is 13.0 Å². The summed E-state index contributed by atoms with van der Waals surface area (Å²) in [6.07, 6.45) is 2.72. The van der Waals surface area contributed by atoms with Crippen LogP contribution in [-0.4, -0.2) is 104 Å². The normalized spacial score (nSPS) is 22.4. The van der Waals surface area contributed by atoms with Crippen LogP contribution < -0.4 is 26.6 Å². The number of rotatable bonds is 8. The molecule has 0 unspecified atom stereocenters. The molecule has 0 saturated heterocycles. The Bertz CT molecular complexity index is 1780. The van der Waals surface area contributed by atoms with Gasteiger partial charge < -0.3 is 31.5 Å². The van der Waals surface area contributed by atoms with Gasteiger partial charge in [-0.3, -0.25) is 33.4 Å². The lowest BCUT2D eigenvalue weighted by Gasteiger charge is -2.30. The Kier molecular flexibility index (Phi) is 15.2. The van der Waals surface area contributed by atoms with E-state index in [2.05, 4.69) is 36.7 Å². The molecule has 0 saturated carbocycles. The molecule has 54 heavy (non-hydrogen) atoms. The molecular weight excluding hydrogens is 731 g/mol. The third-order valence-corrected chi connectivity index (χ3v) is 10.7. The zero-order valence-corrected chi connectivity index (χ0v) is 33.4. The molecule has 5 atom stereocenters. The van der Waals surface area contributed by atoms with Crippen LogP contribution in [0.4, 0.5) is 0 Å². The topological polar surface area (TPSA) is 197 Å². The molecule has 0 radical (unpaired) electrons. The summed E-state index contributed by atoms with van der Waals surface area (Å²) in [5.41, 5.74) is 1.83. The van der Waals surface area contributed by atoms with E-state index in [1.807, 2.05) is 57.4 Å². The third-order valence-electron chi connectivity index (χ3n) is 9.10. The molecular formula is C37H51N9O6S2. The van der Waals surface area contributed by atoms with Crippen LogP contribution >= 0.6 is 23.1 Å². The molecule has 1 aromatic carbocycles. The minimum Gasteiger partial charge on any atom is -0.349 e. The molecule has 2 aromatic heterocycles. The van der Waals surface area contributed by atoms with Crippen molar-refractivity contribution in [3.63, 3.8) is 0 Å². The first-order valence-corrected chi connectivity index (χ1v) is 20.3. The Morgan fingerprint density at radius 3 is 2.30 bits per heavy atom. The van der Waals surface area contributed by atoms with Crippen LogP contribution in [0.25, 0.3) is 0 Å². The fourth-order valence-corrected chi connectivity index (χ4v) is 7.37. The second kappa shape index (κ2) is 19.5. The number of carbonyl (C=O) groups excluding carboxylic acids is 6. The van der Waals surface area contributed by atoms with Crippen LogP contribution in [0.5, 0.6) is 0 Å². The number of benzene rings is 1. The fourth-order valence-electron chi connectivity index (χ4n) is 5.88. The van der Waals surface area contributed by atoms with Gasteiger partial charge in [0.2, 0.25) is 23.6 Å². The fraction of sp³-hybridized carbons (Fsp3) is 0.514. The van der Waals surface area contributed by atoms with Gasteiger partial charge in [0.25, 0.3) is 11.8 Å². The van der Waals surface area contributed by atoms with Crippen LogP contribution in [0, 0.1) is 12.8 Å². The summed E-state index contributed by atoms with van der Waals surface area (Å²) in [6, 6.07) is 6.81. The first-order valence-electron chi connectivity index (χ1n) is 18.0. The van der Waals surface area contributed by atoms with Gasteiger partial charge in [0, 0.05) is 24.7 Å². The molecule has 3 aromatic rings. The van der Waals surface area contributed by atoms with Gasteiger partial charge in [-0.25, -0.2) is 4.98 Å². The van der Waals surface area contributed by atoms with Crippen molar-refractivity contribution >= 4 is 58.5 Å². The number of carbonyl (C=O) groups is 6. The number of hydrogen-bond acceptors (Lipinski definition) is 10. The lowest BCUT2D eigenvalue weighted by Crippen LogP contribution is -2.58. The van der Waals surface area contributed by atoms with Gasteiger partial charge in [-0.15, -0.1) is 11.3 Å². The highest BCUT2D eigenvalue weighted by molar-refractivity contribution is 7.98. The summed E-state index contributed by atoms with van der Waals surface area (Å²) < 4.78 is 1.57. The van der Waals surface area contributed by atoms with Gasteiger partial charge in [0.05, 0.1) is 18.6 Å². The first kappa shape index (κ1) is 42.0. The lowest BCUT2D eigenvalue weighted by atomic mass is 10.0. The van der Waals surface area contributed by atoms with Crippen LogP contribution in [0.1, 0.15) is 83.8 Å². The standard InChI is InChI=1S/C37H51N9O6S2/c1-8-26-33(49)41-27(14-15-53-7)34(50)39-25(17-24-12-10-9-11-13-24)18-46(37(52)28-16-22(4)45(6)44-28)19-30(47)43-31(21(2)3)36-42-29(20-54-36)35(51)38-23(5)32(48)40-26/h9-13,16,20-21,23,25-27,31H,8,14-15,17-19H2,1-7H3,(H,38,51)(H,39,50)(H,40,48)(H,41,49)(H,43,47)/t23-,25+,26+,27+,31+/m1/s1. The molecule has 6 amide bonds. The lowest BCUT2D eigenvalue weighted by molar-refractivity contribution is -0.132. The number of aryl methyl sites for hydroxylation is 2. The highest BCUT2D eigenvalue weighted by Crippen LogP contribution is 2.25. The van der Waals surface area contributed by atoms with Gasteiger partial charge in [-0.2, -0.15) is 16.9 Å². The van der Waals surface area contributed by atoms with Crippen LogP contribution in [0.15, 0.2) is 41.8 Å². The minimum absolute atomic E-state index is 0.0643. The maximum Gasteiger partial charge on any atom is 0.274 e. The second-order valence-corrected chi connectivity index (χ2v) is 15.6. The number of aromatic nitrogens is 3. The number of thioether (sulfide) groups is 1. The Hall–Kier alpha value is -4.77. The first-order chi connectivity index (χ1) is 25.7. The van der Waals surface area contributed by atoms with Crippen molar-refractivity contribution in [3.05, 3.63) is 69.4 Å². The molecule has 0 fully saturated rings. The number of nitrogens with one attached hydrogen (secondary N) is 5. The van der Waals surface area contributed by atoms with E-state index in [1.165, 1.54) is 34.9 Å². The number of thiazole rings is 1. The largest absolute Gasteiger partial charge is 0.349 e. The molecule has 5 N–H and O–H groups in total. The molecule has 1 aliphatic rings. The molecule has 0 spiro atoms. The van der Waals surface area contributed by atoms with E-state index in [0.717, 1.165) is 11.3 Å². The maximum atomic E-state index is 14.1. The van der Waals surface area contributed by atoms with Crippen molar-refractivity contribution < 1.29 is 28.8 Å². The van der Waals surface area contributed by atoms with Crippen LogP contribution in [-0.2, 0) is 32.6 Å². The van der Waals surface area contributed by atoms with E-state index in [9.17, 15) is 28.8 Å². The minimum atomic E-state index is -1.01. The predicted molar refractivity (Wildman–Crippen MR) is 208 cm³/mol. The number of hydrogen-bond donors (Lipinski definition) is 5. The van der Waals surface area contributed by atoms with E-state index >= 15 is 0 Å². The van der Waals surface area contributed by atoms with E-state index in [0.29, 0.717) is 17.2 Å². The molecule has 15 nitrogen and oxygen atoms in total. The zero-order chi connectivity index (χ0) is 39.5. The summed E-state index contributed by atoms with van der Waals surface area (Å²) in [5.74, 6) is -2.80. The third kappa shape index (κ3) is 11.4. The molecule has 2 bridgehead atoms. The molecule has 4 rings (SSSR count). The number of nitrogens with zero attached hydrogens (tertiary/aromatic N) is 4. The second-order valence-electron chi connectivity index (χ2n) is 13.7. The molecule has 292 valence electrons. The van der Waals surface area contributed by atoms with Gasteiger partial charge in [-0.05, 0) is 62.7 Å². The highest BCUT2D eigenvalue weighted by Gasteiger charge is 2.32. The molecule has 3 heterocycles. The molecule has 1 aliphatic heterocycles. The average Bonchev–Trinajstić information content (AvgIpc) is 3.76. The summed E-state index contributed by atoms with van der Waals surface area (Å²) in [4.78, 5) is 87.9. The zero-order valence-electron chi connectivity index (χ0n) is 31.8. The van der Waals surface area contributed by atoms with Gasteiger partial charge in [-0.1, -0.05) is 51.1 Å². The molecule has 0 aliphatic carbocycles. The van der Waals surface area contributed by atoms with E-state index in [-0.39, 0.29) is 43.2 Å². The van der Waals surface area contributed by atoms with Crippen molar-refractivity contribution in [3.8, 4) is 0 Å². The highest BCUT2D eigenvalue weighted by atomic mass is 32.2.